The molecule has 0 aliphatic carbocycles. The Bertz CT molecular complexity index is 671. The number of fused-ring (bicyclic) bond motifs is 1. The van der Waals surface area contributed by atoms with Crippen molar-refractivity contribution < 1.29 is 14.6 Å². The Morgan fingerprint density at radius 3 is 2.92 bits per heavy atom. The predicted molar refractivity (Wildman–Crippen MR) is 88.6 cm³/mol. The van der Waals surface area contributed by atoms with Crippen LogP contribution in [0.4, 0.5) is 0 Å². The van der Waals surface area contributed by atoms with E-state index in [1.54, 1.807) is 0 Å². The number of rotatable bonds is 4. The minimum Gasteiger partial charge on any atom is -0.396 e. The van der Waals surface area contributed by atoms with E-state index in [0.29, 0.717) is 19.6 Å². The van der Waals surface area contributed by atoms with Gasteiger partial charge in [-0.25, -0.2) is 0 Å². The first-order valence-electron chi connectivity index (χ1n) is 9.08. The molecular formula is C18H27N3O3. The fourth-order valence-electron chi connectivity index (χ4n) is 5.25. The summed E-state index contributed by atoms with van der Waals surface area (Å²) < 4.78 is 8.04. The van der Waals surface area contributed by atoms with Crippen molar-refractivity contribution in [2.45, 2.75) is 58.3 Å². The van der Waals surface area contributed by atoms with Gasteiger partial charge in [0.05, 0.1) is 23.9 Å². The number of likely N-dealkylation sites (tertiary alicyclic amines) is 1. The summed E-state index contributed by atoms with van der Waals surface area (Å²) >= 11 is 0. The lowest BCUT2D eigenvalue weighted by atomic mass is 9.74. The van der Waals surface area contributed by atoms with Crippen molar-refractivity contribution in [3.05, 3.63) is 17.0 Å². The van der Waals surface area contributed by atoms with Crippen molar-refractivity contribution in [3.63, 3.8) is 0 Å². The third kappa shape index (κ3) is 2.15. The lowest BCUT2D eigenvalue weighted by Gasteiger charge is -2.27. The monoisotopic (exact) mass is 333 g/mol. The van der Waals surface area contributed by atoms with Gasteiger partial charge in [-0.3, -0.25) is 9.48 Å². The summed E-state index contributed by atoms with van der Waals surface area (Å²) in [6.45, 7) is 8.00. The van der Waals surface area contributed by atoms with Gasteiger partial charge in [-0.1, -0.05) is 6.92 Å². The van der Waals surface area contributed by atoms with E-state index < -0.39 is 0 Å². The van der Waals surface area contributed by atoms with E-state index in [1.807, 2.05) is 23.4 Å². The molecule has 1 N–H and O–H groups in total. The maximum atomic E-state index is 12.8. The number of hydrogen-bond acceptors (Lipinski definition) is 4. The number of nitrogens with zero attached hydrogens (tertiary/aromatic N) is 3. The van der Waals surface area contributed by atoms with Crippen LogP contribution in [0.15, 0.2) is 0 Å². The fraction of sp³-hybridized carbons (Fsp3) is 0.778. The zero-order valence-corrected chi connectivity index (χ0v) is 14.8. The van der Waals surface area contributed by atoms with Crippen molar-refractivity contribution in [2.75, 3.05) is 19.7 Å². The summed E-state index contributed by atoms with van der Waals surface area (Å²) in [5.74, 6) is 0.588. The SMILES string of the molecule is CCc1c(C)nn(CC(=O)N2C[C@@H]3[C@H](CO)[C@H]4CC[C@]3(C2)O4)c1C. The van der Waals surface area contributed by atoms with Crippen molar-refractivity contribution >= 4 is 5.91 Å². The van der Waals surface area contributed by atoms with Crippen LogP contribution in [-0.4, -0.2) is 57.1 Å². The van der Waals surface area contributed by atoms with Crippen LogP contribution in [-0.2, 0) is 22.5 Å². The molecule has 3 aliphatic heterocycles. The van der Waals surface area contributed by atoms with Gasteiger partial charge in [-0.05, 0) is 38.7 Å². The molecule has 6 nitrogen and oxygen atoms in total. The molecule has 0 saturated carbocycles. The fourth-order valence-corrected chi connectivity index (χ4v) is 5.25. The number of hydrogen-bond donors (Lipinski definition) is 1. The van der Waals surface area contributed by atoms with E-state index in [4.69, 9.17) is 4.74 Å². The van der Waals surface area contributed by atoms with E-state index >= 15 is 0 Å². The Morgan fingerprint density at radius 1 is 1.46 bits per heavy atom. The van der Waals surface area contributed by atoms with Crippen LogP contribution < -0.4 is 0 Å². The third-order valence-electron chi connectivity index (χ3n) is 6.52. The summed E-state index contributed by atoms with van der Waals surface area (Å²) in [6, 6.07) is 0. The molecule has 24 heavy (non-hydrogen) atoms. The lowest BCUT2D eigenvalue weighted by Crippen LogP contribution is -2.38. The number of amides is 1. The topological polar surface area (TPSA) is 67.6 Å². The quantitative estimate of drug-likeness (QED) is 0.895. The highest BCUT2D eigenvalue weighted by Gasteiger charge is 2.63. The zero-order valence-electron chi connectivity index (χ0n) is 14.8. The van der Waals surface area contributed by atoms with Crippen LogP contribution in [0.5, 0.6) is 0 Å². The van der Waals surface area contributed by atoms with Crippen LogP contribution in [0.2, 0.25) is 0 Å². The smallest absolute Gasteiger partial charge is 0.244 e. The number of aliphatic hydroxyl groups is 1. The van der Waals surface area contributed by atoms with Gasteiger partial charge >= 0.3 is 0 Å². The van der Waals surface area contributed by atoms with Crippen LogP contribution in [0.25, 0.3) is 0 Å². The van der Waals surface area contributed by atoms with Crippen molar-refractivity contribution in [1.29, 1.82) is 0 Å². The van der Waals surface area contributed by atoms with Gasteiger partial charge in [0.15, 0.2) is 0 Å². The van der Waals surface area contributed by atoms with Crippen LogP contribution >= 0.6 is 0 Å². The molecule has 132 valence electrons. The molecule has 6 heteroatoms. The van der Waals surface area contributed by atoms with Crippen LogP contribution in [0.3, 0.4) is 0 Å². The van der Waals surface area contributed by atoms with Gasteiger partial charge in [0, 0.05) is 30.7 Å². The Morgan fingerprint density at radius 2 is 2.25 bits per heavy atom. The van der Waals surface area contributed by atoms with Gasteiger partial charge in [-0.15, -0.1) is 0 Å². The van der Waals surface area contributed by atoms with Crippen LogP contribution in [0, 0.1) is 25.7 Å². The molecule has 4 rings (SSSR count). The third-order valence-corrected chi connectivity index (χ3v) is 6.52. The maximum absolute atomic E-state index is 12.8. The second kappa shape index (κ2) is 5.56. The molecule has 4 atom stereocenters. The van der Waals surface area contributed by atoms with Gasteiger partial charge in [0.1, 0.15) is 6.54 Å². The molecule has 3 fully saturated rings. The summed E-state index contributed by atoms with van der Waals surface area (Å²) in [7, 11) is 0. The number of aliphatic hydroxyl groups excluding tert-OH is 1. The molecule has 1 aromatic heterocycles. The maximum Gasteiger partial charge on any atom is 0.244 e. The molecule has 1 aromatic rings. The second-order valence-corrected chi connectivity index (χ2v) is 7.65. The number of ether oxygens (including phenoxy) is 1. The summed E-state index contributed by atoms with van der Waals surface area (Å²) in [4.78, 5) is 14.7. The standard InChI is InChI=1S/C18H27N3O3/c1-4-13-11(2)19-21(12(13)3)8-17(23)20-7-15-14(9-22)16-5-6-18(15,10-20)24-16/h14-16,22H,4-10H2,1-3H3/t14-,15+,16+,18+/m0/s1. The zero-order chi connectivity index (χ0) is 17.1. The van der Waals surface area contributed by atoms with E-state index in [0.717, 1.165) is 30.7 Å². The molecule has 2 bridgehead atoms. The number of carbonyl (C=O) groups excluding carboxylic acids is 1. The Kier molecular flexibility index (Phi) is 3.73. The van der Waals surface area contributed by atoms with Gasteiger partial charge in [0.25, 0.3) is 0 Å². The van der Waals surface area contributed by atoms with Gasteiger partial charge < -0.3 is 14.7 Å². The van der Waals surface area contributed by atoms with Crippen LogP contribution in [0.1, 0.15) is 36.7 Å². The first-order chi connectivity index (χ1) is 11.5. The average Bonchev–Trinajstić information content (AvgIpc) is 3.26. The van der Waals surface area contributed by atoms with Gasteiger partial charge in [0.2, 0.25) is 5.91 Å². The average molecular weight is 333 g/mol. The predicted octanol–water partition coefficient (Wildman–Crippen LogP) is 1.06. The summed E-state index contributed by atoms with van der Waals surface area (Å²) in [5, 5.41) is 14.2. The Hall–Kier alpha value is -1.40. The molecule has 1 spiro atoms. The molecule has 3 aliphatic rings. The largest absolute Gasteiger partial charge is 0.396 e. The highest BCUT2D eigenvalue weighted by Crippen LogP contribution is 2.54. The Labute approximate surface area is 142 Å². The van der Waals surface area contributed by atoms with Gasteiger partial charge in [-0.2, -0.15) is 5.10 Å². The van der Waals surface area contributed by atoms with E-state index in [2.05, 4.69) is 12.0 Å². The lowest BCUT2D eigenvalue weighted by molar-refractivity contribution is -0.132. The van der Waals surface area contributed by atoms with Crippen molar-refractivity contribution in [3.8, 4) is 0 Å². The van der Waals surface area contributed by atoms with E-state index in [9.17, 15) is 9.90 Å². The first-order valence-corrected chi connectivity index (χ1v) is 9.08. The highest BCUT2D eigenvalue weighted by atomic mass is 16.5. The van der Waals surface area contributed by atoms with Crippen molar-refractivity contribution in [1.82, 2.24) is 14.7 Å². The summed E-state index contributed by atoms with van der Waals surface area (Å²) in [5.41, 5.74) is 3.15. The highest BCUT2D eigenvalue weighted by molar-refractivity contribution is 5.76. The molecule has 1 amide bonds. The van der Waals surface area contributed by atoms with Crippen molar-refractivity contribution in [2.24, 2.45) is 11.8 Å². The first kappa shape index (κ1) is 16.1. The molecular weight excluding hydrogens is 306 g/mol. The minimum absolute atomic E-state index is 0.107. The van der Waals surface area contributed by atoms with E-state index in [-0.39, 0.29) is 36.1 Å². The Balaban J connectivity index is 1.49. The molecule has 0 radical (unpaired) electrons. The number of aryl methyl sites for hydroxylation is 1. The number of carbonyl (C=O) groups is 1. The molecule has 0 aromatic carbocycles. The molecule has 3 saturated heterocycles. The molecule has 4 heterocycles. The second-order valence-electron chi connectivity index (χ2n) is 7.65. The minimum atomic E-state index is -0.197. The normalized spacial score (nSPS) is 34.2. The molecule has 0 unspecified atom stereocenters. The summed E-state index contributed by atoms with van der Waals surface area (Å²) in [6.07, 6.45) is 3.16. The van der Waals surface area contributed by atoms with E-state index in [1.165, 1.54) is 5.56 Å². The number of aromatic nitrogens is 2.